The van der Waals surface area contributed by atoms with Gasteiger partial charge in [0.05, 0.1) is 5.56 Å². The van der Waals surface area contributed by atoms with Crippen LogP contribution in [0.15, 0.2) is 18.2 Å². The van der Waals surface area contributed by atoms with Crippen molar-refractivity contribution in [2.45, 2.75) is 51.0 Å². The van der Waals surface area contributed by atoms with Crippen molar-refractivity contribution in [3.05, 3.63) is 23.8 Å². The second-order valence-corrected chi connectivity index (χ2v) is 7.25. The van der Waals surface area contributed by atoms with Gasteiger partial charge in [-0.3, -0.25) is 9.59 Å². The van der Waals surface area contributed by atoms with E-state index < -0.39 is 0 Å². The minimum absolute atomic E-state index is 0.0417. The lowest BCUT2D eigenvalue weighted by molar-refractivity contribution is -0.116. The van der Waals surface area contributed by atoms with Gasteiger partial charge >= 0.3 is 0 Å². The predicted molar refractivity (Wildman–Crippen MR) is 102 cm³/mol. The molecule has 0 bridgehead atoms. The molecule has 1 aliphatic heterocycles. The standard InChI is InChI=1S/C19H26ClN3O2/c20-10-4-5-18(24)21-15-8-9-17(23-11-2-1-3-12-23)16(13-15)19(25)22-14-6-7-14/h8-9,13-14H,1-7,10-12H2,(H,21,24)(H,22,25). The van der Waals surface area contributed by atoms with E-state index in [9.17, 15) is 9.59 Å². The molecule has 2 fully saturated rings. The van der Waals surface area contributed by atoms with Gasteiger partial charge in [-0.25, -0.2) is 0 Å². The van der Waals surface area contributed by atoms with Gasteiger partial charge in [-0.1, -0.05) is 0 Å². The van der Waals surface area contributed by atoms with Crippen molar-refractivity contribution in [3.63, 3.8) is 0 Å². The normalized spacial score (nSPS) is 17.2. The fourth-order valence-corrected chi connectivity index (χ4v) is 3.28. The second-order valence-electron chi connectivity index (χ2n) is 6.87. The van der Waals surface area contributed by atoms with Crippen LogP contribution in [0.1, 0.15) is 55.3 Å². The first kappa shape index (κ1) is 18.1. The molecule has 2 aliphatic rings. The average Bonchev–Trinajstić information content (AvgIpc) is 3.44. The zero-order chi connectivity index (χ0) is 17.6. The summed E-state index contributed by atoms with van der Waals surface area (Å²) in [4.78, 5) is 26.9. The Hall–Kier alpha value is -1.75. The highest BCUT2D eigenvalue weighted by atomic mass is 35.5. The Morgan fingerprint density at radius 2 is 1.92 bits per heavy atom. The number of hydrogen-bond acceptors (Lipinski definition) is 3. The topological polar surface area (TPSA) is 61.4 Å². The summed E-state index contributed by atoms with van der Waals surface area (Å²) in [5.41, 5.74) is 2.29. The Morgan fingerprint density at radius 3 is 2.60 bits per heavy atom. The quantitative estimate of drug-likeness (QED) is 0.728. The number of nitrogens with one attached hydrogen (secondary N) is 2. The summed E-state index contributed by atoms with van der Waals surface area (Å²) in [6.45, 7) is 1.95. The molecule has 136 valence electrons. The molecule has 0 spiro atoms. The molecule has 1 aromatic carbocycles. The van der Waals surface area contributed by atoms with Crippen molar-refractivity contribution in [2.24, 2.45) is 0 Å². The molecule has 3 rings (SSSR count). The molecule has 0 atom stereocenters. The lowest BCUT2D eigenvalue weighted by Crippen LogP contribution is -2.33. The van der Waals surface area contributed by atoms with E-state index in [0.29, 0.717) is 36.0 Å². The summed E-state index contributed by atoms with van der Waals surface area (Å²) >= 11 is 5.64. The average molecular weight is 364 g/mol. The van der Waals surface area contributed by atoms with Crippen molar-refractivity contribution in [1.82, 2.24) is 5.32 Å². The molecule has 0 unspecified atom stereocenters. The van der Waals surface area contributed by atoms with E-state index in [2.05, 4.69) is 15.5 Å². The summed E-state index contributed by atoms with van der Waals surface area (Å²) in [5.74, 6) is 0.357. The number of carbonyl (C=O) groups excluding carboxylic acids is 2. The van der Waals surface area contributed by atoms with E-state index in [-0.39, 0.29) is 11.8 Å². The van der Waals surface area contributed by atoms with Gasteiger partial charge < -0.3 is 15.5 Å². The fraction of sp³-hybridized carbons (Fsp3) is 0.579. The molecule has 0 aromatic heterocycles. The summed E-state index contributed by atoms with van der Waals surface area (Å²) in [5, 5.41) is 5.94. The maximum Gasteiger partial charge on any atom is 0.253 e. The van der Waals surface area contributed by atoms with Crippen LogP contribution in [0.3, 0.4) is 0 Å². The van der Waals surface area contributed by atoms with Gasteiger partial charge in [-0.15, -0.1) is 11.6 Å². The van der Waals surface area contributed by atoms with Crippen LogP contribution < -0.4 is 15.5 Å². The minimum atomic E-state index is -0.0695. The Kier molecular flexibility index (Phi) is 6.19. The molecule has 1 aromatic rings. The third-order valence-corrected chi connectivity index (χ3v) is 4.94. The van der Waals surface area contributed by atoms with Crippen LogP contribution in [0.5, 0.6) is 0 Å². The SMILES string of the molecule is O=C(CCCCl)Nc1ccc(N2CCCCC2)c(C(=O)NC2CC2)c1. The number of alkyl halides is 1. The molecule has 1 heterocycles. The fourth-order valence-electron chi connectivity index (χ4n) is 3.15. The van der Waals surface area contributed by atoms with Crippen LogP contribution in [0.2, 0.25) is 0 Å². The Labute approximate surface area is 154 Å². The molecule has 6 heteroatoms. The van der Waals surface area contributed by atoms with Gasteiger partial charge in [-0.05, 0) is 56.7 Å². The Morgan fingerprint density at radius 1 is 1.16 bits per heavy atom. The highest BCUT2D eigenvalue weighted by Gasteiger charge is 2.26. The molecule has 0 radical (unpaired) electrons. The first-order chi connectivity index (χ1) is 12.2. The van der Waals surface area contributed by atoms with Crippen LogP contribution in [0, 0.1) is 0 Å². The first-order valence-electron chi connectivity index (χ1n) is 9.23. The number of piperidine rings is 1. The Bertz CT molecular complexity index is 625. The lowest BCUT2D eigenvalue weighted by atomic mass is 10.1. The van der Waals surface area contributed by atoms with Crippen LogP contribution in [0.25, 0.3) is 0 Å². The van der Waals surface area contributed by atoms with Crippen molar-refractivity contribution in [3.8, 4) is 0 Å². The van der Waals surface area contributed by atoms with Gasteiger partial charge in [0.2, 0.25) is 5.91 Å². The maximum absolute atomic E-state index is 12.7. The van der Waals surface area contributed by atoms with Crippen LogP contribution in [0.4, 0.5) is 11.4 Å². The number of rotatable bonds is 7. The number of benzene rings is 1. The number of anilines is 2. The van der Waals surface area contributed by atoms with Crippen LogP contribution in [-0.4, -0.2) is 36.8 Å². The number of halogens is 1. The third kappa shape index (κ3) is 5.11. The van der Waals surface area contributed by atoms with E-state index in [0.717, 1.165) is 44.5 Å². The lowest BCUT2D eigenvalue weighted by Gasteiger charge is -2.30. The monoisotopic (exact) mass is 363 g/mol. The number of nitrogens with zero attached hydrogens (tertiary/aromatic N) is 1. The molecule has 2 amide bonds. The third-order valence-electron chi connectivity index (χ3n) is 4.67. The van der Waals surface area contributed by atoms with Crippen LogP contribution >= 0.6 is 11.6 Å². The van der Waals surface area contributed by atoms with Crippen molar-refractivity contribution in [2.75, 3.05) is 29.2 Å². The first-order valence-corrected chi connectivity index (χ1v) is 9.76. The highest BCUT2D eigenvalue weighted by Crippen LogP contribution is 2.28. The van der Waals surface area contributed by atoms with E-state index in [4.69, 9.17) is 11.6 Å². The largest absolute Gasteiger partial charge is 0.371 e. The molecule has 1 saturated carbocycles. The van der Waals surface area contributed by atoms with Gasteiger partial charge in [0.25, 0.3) is 5.91 Å². The molecule has 5 nitrogen and oxygen atoms in total. The number of hydrogen-bond donors (Lipinski definition) is 2. The van der Waals surface area contributed by atoms with Crippen LogP contribution in [-0.2, 0) is 4.79 Å². The highest BCUT2D eigenvalue weighted by molar-refractivity contribution is 6.18. The summed E-state index contributed by atoms with van der Waals surface area (Å²) < 4.78 is 0. The zero-order valence-electron chi connectivity index (χ0n) is 14.5. The number of carbonyl (C=O) groups is 2. The summed E-state index contributed by atoms with van der Waals surface area (Å²) in [6, 6.07) is 5.96. The molecule has 1 aliphatic carbocycles. The van der Waals surface area contributed by atoms with Crippen molar-refractivity contribution in [1.29, 1.82) is 0 Å². The van der Waals surface area contributed by atoms with Gasteiger partial charge in [0.1, 0.15) is 0 Å². The molecule has 2 N–H and O–H groups in total. The van der Waals surface area contributed by atoms with E-state index in [1.165, 1.54) is 6.42 Å². The second kappa shape index (κ2) is 8.56. The smallest absolute Gasteiger partial charge is 0.253 e. The van der Waals surface area contributed by atoms with E-state index >= 15 is 0 Å². The summed E-state index contributed by atoms with van der Waals surface area (Å²) in [6.07, 6.45) is 6.70. The maximum atomic E-state index is 12.7. The summed E-state index contributed by atoms with van der Waals surface area (Å²) in [7, 11) is 0. The van der Waals surface area contributed by atoms with Gasteiger partial charge in [0.15, 0.2) is 0 Å². The predicted octanol–water partition coefficient (Wildman–Crippen LogP) is 3.53. The van der Waals surface area contributed by atoms with Crippen molar-refractivity contribution < 1.29 is 9.59 Å². The zero-order valence-corrected chi connectivity index (χ0v) is 15.3. The molecular weight excluding hydrogens is 338 g/mol. The molecular formula is C19H26ClN3O2. The van der Waals surface area contributed by atoms with E-state index in [1.807, 2.05) is 12.1 Å². The molecule has 25 heavy (non-hydrogen) atoms. The minimum Gasteiger partial charge on any atom is -0.371 e. The van der Waals surface area contributed by atoms with Gasteiger partial charge in [0, 0.05) is 42.8 Å². The van der Waals surface area contributed by atoms with Gasteiger partial charge in [-0.2, -0.15) is 0 Å². The van der Waals surface area contributed by atoms with E-state index in [1.54, 1.807) is 6.07 Å². The molecule has 1 saturated heterocycles. The Balaban J connectivity index is 1.78. The number of amides is 2. The van der Waals surface area contributed by atoms with Crippen molar-refractivity contribution >= 4 is 34.8 Å².